The van der Waals surface area contributed by atoms with Gasteiger partial charge < -0.3 is 0 Å². The second-order valence-electron chi connectivity index (χ2n) is 4.48. The summed E-state index contributed by atoms with van der Waals surface area (Å²) in [6, 6.07) is 9.12. The minimum atomic E-state index is -0.152. The van der Waals surface area contributed by atoms with Crippen LogP contribution < -0.4 is 5.56 Å². The summed E-state index contributed by atoms with van der Waals surface area (Å²) < 4.78 is 1.25. The van der Waals surface area contributed by atoms with E-state index >= 15 is 0 Å². The average molecular weight is 318 g/mol. The second-order valence-corrected chi connectivity index (χ2v) is 6.03. The fourth-order valence-corrected chi connectivity index (χ4v) is 2.95. The first-order chi connectivity index (χ1) is 10.2. The monoisotopic (exact) mass is 317 g/mol. The van der Waals surface area contributed by atoms with Gasteiger partial charge in [0, 0.05) is 9.90 Å². The SMILES string of the molecule is CCc1cc2c(=O)n(/N=C\c3ccc(Cl)cc3)cnc2s1. The first-order valence-electron chi connectivity index (χ1n) is 6.47. The van der Waals surface area contributed by atoms with Gasteiger partial charge in [0.25, 0.3) is 5.56 Å². The Morgan fingerprint density at radius 3 is 2.86 bits per heavy atom. The maximum absolute atomic E-state index is 12.3. The molecule has 1 aromatic carbocycles. The topological polar surface area (TPSA) is 47.2 Å². The quantitative estimate of drug-likeness (QED) is 0.693. The largest absolute Gasteiger partial charge is 0.282 e. The summed E-state index contributed by atoms with van der Waals surface area (Å²) in [4.78, 5) is 18.5. The summed E-state index contributed by atoms with van der Waals surface area (Å²) in [6.07, 6.45) is 3.96. The fraction of sp³-hybridized carbons (Fsp3) is 0.133. The Morgan fingerprint density at radius 2 is 2.14 bits per heavy atom. The van der Waals surface area contributed by atoms with Crippen LogP contribution >= 0.6 is 22.9 Å². The Bertz CT molecular complexity index is 865. The molecule has 0 aliphatic carbocycles. The molecule has 6 heteroatoms. The van der Waals surface area contributed by atoms with Crippen molar-refractivity contribution in [2.24, 2.45) is 5.10 Å². The van der Waals surface area contributed by atoms with Gasteiger partial charge in [-0.2, -0.15) is 9.78 Å². The van der Waals surface area contributed by atoms with Crippen molar-refractivity contribution in [1.82, 2.24) is 9.66 Å². The zero-order valence-electron chi connectivity index (χ0n) is 11.3. The van der Waals surface area contributed by atoms with Gasteiger partial charge in [0.15, 0.2) is 0 Å². The van der Waals surface area contributed by atoms with E-state index in [9.17, 15) is 4.79 Å². The predicted octanol–water partition coefficient (Wildman–Crippen LogP) is 3.56. The summed E-state index contributed by atoms with van der Waals surface area (Å²) in [6.45, 7) is 2.06. The van der Waals surface area contributed by atoms with Crippen LogP contribution in [0, 0.1) is 0 Å². The molecule has 106 valence electrons. The summed E-state index contributed by atoms with van der Waals surface area (Å²) >= 11 is 7.37. The zero-order chi connectivity index (χ0) is 14.8. The molecule has 0 radical (unpaired) electrons. The maximum Gasteiger partial charge on any atom is 0.282 e. The van der Waals surface area contributed by atoms with Crippen LogP contribution in [0.1, 0.15) is 17.4 Å². The third kappa shape index (κ3) is 2.89. The Kier molecular flexibility index (Phi) is 3.86. The molecule has 0 fully saturated rings. The summed E-state index contributed by atoms with van der Waals surface area (Å²) in [5, 5.41) is 5.45. The minimum Gasteiger partial charge on any atom is -0.267 e. The highest BCUT2D eigenvalue weighted by Crippen LogP contribution is 2.20. The third-order valence-electron chi connectivity index (χ3n) is 3.04. The van der Waals surface area contributed by atoms with Crippen molar-refractivity contribution in [3.8, 4) is 0 Å². The lowest BCUT2D eigenvalue weighted by molar-refractivity contribution is 0.818. The summed E-state index contributed by atoms with van der Waals surface area (Å²) in [7, 11) is 0. The van der Waals surface area contributed by atoms with Gasteiger partial charge in [-0.1, -0.05) is 30.7 Å². The number of thiophene rings is 1. The maximum atomic E-state index is 12.3. The highest BCUT2D eigenvalue weighted by molar-refractivity contribution is 7.18. The van der Waals surface area contributed by atoms with Crippen molar-refractivity contribution in [3.63, 3.8) is 0 Å². The van der Waals surface area contributed by atoms with Crippen LogP contribution in [0.25, 0.3) is 10.2 Å². The number of nitrogens with zero attached hydrogens (tertiary/aromatic N) is 3. The normalized spacial score (nSPS) is 11.5. The fourth-order valence-electron chi connectivity index (χ4n) is 1.90. The van der Waals surface area contributed by atoms with Crippen LogP contribution in [-0.4, -0.2) is 15.9 Å². The molecule has 3 rings (SSSR count). The smallest absolute Gasteiger partial charge is 0.267 e. The number of aromatic nitrogens is 2. The molecule has 2 aromatic heterocycles. The van der Waals surface area contributed by atoms with Crippen molar-refractivity contribution in [1.29, 1.82) is 0 Å². The van der Waals surface area contributed by atoms with Crippen molar-refractivity contribution in [2.45, 2.75) is 13.3 Å². The van der Waals surface area contributed by atoms with E-state index in [1.165, 1.54) is 11.0 Å². The molecule has 0 atom stereocenters. The molecule has 0 N–H and O–H groups in total. The molecule has 0 amide bonds. The van der Waals surface area contributed by atoms with E-state index in [1.807, 2.05) is 18.2 Å². The van der Waals surface area contributed by atoms with Crippen LogP contribution in [-0.2, 0) is 6.42 Å². The Labute approximate surface area is 130 Å². The number of hydrogen-bond donors (Lipinski definition) is 0. The van der Waals surface area contributed by atoms with Crippen molar-refractivity contribution in [2.75, 3.05) is 0 Å². The first kappa shape index (κ1) is 14.0. The predicted molar refractivity (Wildman–Crippen MR) is 87.7 cm³/mol. The van der Waals surface area contributed by atoms with Gasteiger partial charge in [0.05, 0.1) is 11.6 Å². The van der Waals surface area contributed by atoms with E-state index in [0.717, 1.165) is 21.7 Å². The number of hydrogen-bond acceptors (Lipinski definition) is 4. The second kappa shape index (κ2) is 5.79. The lowest BCUT2D eigenvalue weighted by atomic mass is 10.2. The van der Waals surface area contributed by atoms with Crippen molar-refractivity contribution in [3.05, 3.63) is 62.5 Å². The molecule has 0 saturated carbocycles. The lowest BCUT2D eigenvalue weighted by Crippen LogP contribution is -2.16. The van der Waals surface area contributed by atoms with E-state index in [2.05, 4.69) is 17.0 Å². The van der Waals surface area contributed by atoms with Crippen LogP contribution in [0.5, 0.6) is 0 Å². The lowest BCUT2D eigenvalue weighted by Gasteiger charge is -1.97. The molecule has 21 heavy (non-hydrogen) atoms. The summed E-state index contributed by atoms with van der Waals surface area (Å²) in [5.41, 5.74) is 0.715. The molecule has 3 aromatic rings. The third-order valence-corrected chi connectivity index (χ3v) is 4.48. The van der Waals surface area contributed by atoms with E-state index in [0.29, 0.717) is 10.4 Å². The molecule has 0 unspecified atom stereocenters. The van der Waals surface area contributed by atoms with Gasteiger partial charge in [0.2, 0.25) is 0 Å². The van der Waals surface area contributed by atoms with E-state index in [1.54, 1.807) is 29.7 Å². The van der Waals surface area contributed by atoms with Crippen LogP contribution in [0.4, 0.5) is 0 Å². The summed E-state index contributed by atoms with van der Waals surface area (Å²) in [5.74, 6) is 0. The Morgan fingerprint density at radius 1 is 1.38 bits per heavy atom. The number of fused-ring (bicyclic) bond motifs is 1. The number of rotatable bonds is 3. The molecule has 0 saturated heterocycles. The Hall–Kier alpha value is -1.98. The standard InChI is InChI=1S/C15H12ClN3OS/c1-2-12-7-13-14(21-12)17-9-19(15(13)20)18-8-10-3-5-11(16)6-4-10/h3-9H,2H2,1H3/b18-8-. The van der Waals surface area contributed by atoms with Crippen LogP contribution in [0.3, 0.4) is 0 Å². The molecule has 0 aliphatic rings. The highest BCUT2D eigenvalue weighted by Gasteiger charge is 2.07. The first-order valence-corrected chi connectivity index (χ1v) is 7.67. The average Bonchev–Trinajstić information content (AvgIpc) is 2.92. The number of benzene rings is 1. The molecule has 0 bridgehead atoms. The zero-order valence-corrected chi connectivity index (χ0v) is 12.9. The van der Waals surface area contributed by atoms with Crippen LogP contribution in [0.2, 0.25) is 5.02 Å². The minimum absolute atomic E-state index is 0.152. The van der Waals surface area contributed by atoms with Crippen molar-refractivity contribution < 1.29 is 0 Å². The number of halogens is 1. The Balaban J connectivity index is 1.99. The van der Waals surface area contributed by atoms with E-state index < -0.39 is 0 Å². The van der Waals surface area contributed by atoms with E-state index in [-0.39, 0.29) is 5.56 Å². The molecule has 4 nitrogen and oxygen atoms in total. The van der Waals surface area contributed by atoms with Gasteiger partial charge >= 0.3 is 0 Å². The van der Waals surface area contributed by atoms with Gasteiger partial charge in [-0.05, 0) is 30.2 Å². The molecule has 0 spiro atoms. The van der Waals surface area contributed by atoms with Gasteiger partial charge in [-0.15, -0.1) is 11.3 Å². The molecular weight excluding hydrogens is 306 g/mol. The number of aryl methyl sites for hydroxylation is 1. The van der Waals surface area contributed by atoms with Gasteiger partial charge in [0.1, 0.15) is 11.2 Å². The van der Waals surface area contributed by atoms with E-state index in [4.69, 9.17) is 11.6 Å². The van der Waals surface area contributed by atoms with Crippen molar-refractivity contribution >= 4 is 39.4 Å². The molecule has 2 heterocycles. The highest BCUT2D eigenvalue weighted by atomic mass is 35.5. The molecular formula is C15H12ClN3OS. The molecule has 0 aliphatic heterocycles. The van der Waals surface area contributed by atoms with Gasteiger partial charge in [-0.3, -0.25) is 4.79 Å². The van der Waals surface area contributed by atoms with Gasteiger partial charge in [-0.25, -0.2) is 4.98 Å². The van der Waals surface area contributed by atoms with Crippen LogP contribution in [0.15, 0.2) is 46.6 Å².